The third-order valence-corrected chi connectivity index (χ3v) is 1.75. The van der Waals surface area contributed by atoms with Crippen LogP contribution in [-0.4, -0.2) is 12.1 Å². The van der Waals surface area contributed by atoms with Crippen molar-refractivity contribution in [1.82, 2.24) is 5.32 Å². The van der Waals surface area contributed by atoms with Crippen LogP contribution in [-0.2, 0) is 6.42 Å². The zero-order valence-electron chi connectivity index (χ0n) is 7.49. The van der Waals surface area contributed by atoms with Crippen LogP contribution in [0.15, 0.2) is 30.3 Å². The van der Waals surface area contributed by atoms with Crippen molar-refractivity contribution in [1.29, 1.82) is 0 Å². The first kappa shape index (κ1) is 9.58. The minimum absolute atomic E-state index is 0.104. The first-order chi connectivity index (χ1) is 6.18. The average molecular weight is 178 g/mol. The van der Waals surface area contributed by atoms with E-state index in [2.05, 4.69) is 5.32 Å². The molecule has 0 unspecified atom stereocenters. The van der Waals surface area contributed by atoms with Crippen molar-refractivity contribution in [2.45, 2.75) is 19.4 Å². The van der Waals surface area contributed by atoms with Crippen molar-refractivity contribution in [3.63, 3.8) is 0 Å². The van der Waals surface area contributed by atoms with Gasteiger partial charge in [0.05, 0.1) is 0 Å². The zero-order chi connectivity index (χ0) is 9.68. The summed E-state index contributed by atoms with van der Waals surface area (Å²) in [5.41, 5.74) is 1.11. The summed E-state index contributed by atoms with van der Waals surface area (Å²) in [4.78, 5) is 10.2. The van der Waals surface area contributed by atoms with Gasteiger partial charge in [0.15, 0.2) is 0 Å². The molecule has 0 aliphatic rings. The van der Waals surface area contributed by atoms with Gasteiger partial charge in [-0.3, -0.25) is 0 Å². The van der Waals surface area contributed by atoms with Crippen molar-refractivity contribution in [2.75, 3.05) is 0 Å². The highest BCUT2D eigenvalue weighted by Crippen LogP contribution is 2.01. The van der Waals surface area contributed by atoms with Gasteiger partial charge in [-0.05, 0) is 18.9 Å². The third kappa shape index (κ3) is 3.60. The fourth-order valence-electron chi connectivity index (χ4n) is 1.22. The van der Waals surface area contributed by atoms with Gasteiger partial charge in [-0.15, -0.1) is 0 Å². The van der Waals surface area contributed by atoms with Crippen LogP contribution in [0.5, 0.6) is 0 Å². The first-order valence-corrected chi connectivity index (χ1v) is 4.20. The molecule has 13 heavy (non-hydrogen) atoms. The fourth-order valence-corrected chi connectivity index (χ4v) is 1.22. The predicted octanol–water partition coefficient (Wildman–Crippen LogP) is 0.550. The monoisotopic (exact) mass is 178 g/mol. The summed E-state index contributed by atoms with van der Waals surface area (Å²) in [7, 11) is 0. The molecule has 0 aromatic heterocycles. The molecule has 1 amide bonds. The van der Waals surface area contributed by atoms with E-state index in [1.165, 1.54) is 0 Å². The molecule has 70 valence electrons. The Morgan fingerprint density at radius 2 is 2.08 bits per heavy atom. The van der Waals surface area contributed by atoms with Gasteiger partial charge in [0.1, 0.15) is 6.09 Å². The molecule has 0 heterocycles. The van der Waals surface area contributed by atoms with Gasteiger partial charge in [0.25, 0.3) is 0 Å². The van der Waals surface area contributed by atoms with Crippen LogP contribution in [0.2, 0.25) is 0 Å². The molecule has 3 heteroatoms. The van der Waals surface area contributed by atoms with Gasteiger partial charge in [-0.2, -0.15) is 0 Å². The van der Waals surface area contributed by atoms with Crippen LogP contribution >= 0.6 is 0 Å². The van der Waals surface area contributed by atoms with E-state index in [9.17, 15) is 9.90 Å². The van der Waals surface area contributed by atoms with Gasteiger partial charge in [0, 0.05) is 6.04 Å². The summed E-state index contributed by atoms with van der Waals surface area (Å²) in [5, 5.41) is 12.5. The predicted molar refractivity (Wildman–Crippen MR) is 48.1 cm³/mol. The van der Waals surface area contributed by atoms with Crippen molar-refractivity contribution in [3.05, 3.63) is 35.9 Å². The Hall–Kier alpha value is -1.51. The number of amides is 1. The summed E-state index contributed by atoms with van der Waals surface area (Å²) in [6.45, 7) is 1.81. The van der Waals surface area contributed by atoms with Crippen LogP contribution in [0.1, 0.15) is 12.5 Å². The number of carbonyl (C=O) groups is 1. The number of carbonyl (C=O) groups excluding carboxylic acids is 1. The topological polar surface area (TPSA) is 52.2 Å². The molecule has 1 aromatic rings. The maximum absolute atomic E-state index is 10.2. The summed E-state index contributed by atoms with van der Waals surface area (Å²) >= 11 is 0. The SMILES string of the molecule is C[C@@H](Cc1ccccc1)NC(=O)[O-]. The van der Waals surface area contributed by atoms with Crippen molar-refractivity contribution < 1.29 is 9.90 Å². The van der Waals surface area contributed by atoms with E-state index in [0.717, 1.165) is 5.56 Å². The highest BCUT2D eigenvalue weighted by atomic mass is 16.4. The van der Waals surface area contributed by atoms with E-state index in [1.54, 1.807) is 0 Å². The maximum atomic E-state index is 10.2. The molecule has 0 saturated carbocycles. The lowest BCUT2D eigenvalue weighted by Gasteiger charge is -2.15. The first-order valence-electron chi connectivity index (χ1n) is 4.20. The summed E-state index contributed by atoms with van der Waals surface area (Å²) in [6.07, 6.45) is -0.530. The minimum atomic E-state index is -1.22. The van der Waals surface area contributed by atoms with Crippen LogP contribution < -0.4 is 10.4 Å². The second kappa shape index (κ2) is 4.50. The lowest BCUT2D eigenvalue weighted by atomic mass is 10.1. The Labute approximate surface area is 77.4 Å². The van der Waals surface area contributed by atoms with E-state index in [1.807, 2.05) is 37.3 Å². The molecule has 0 fully saturated rings. The van der Waals surface area contributed by atoms with E-state index in [4.69, 9.17) is 0 Å². The molecule has 1 N–H and O–H groups in total. The maximum Gasteiger partial charge on any atom is 0.134 e. The van der Waals surface area contributed by atoms with E-state index >= 15 is 0 Å². The lowest BCUT2D eigenvalue weighted by molar-refractivity contribution is -0.251. The van der Waals surface area contributed by atoms with Gasteiger partial charge < -0.3 is 15.2 Å². The van der Waals surface area contributed by atoms with Crippen LogP contribution in [0, 0.1) is 0 Å². The highest BCUT2D eigenvalue weighted by molar-refractivity contribution is 5.62. The second-order valence-electron chi connectivity index (χ2n) is 3.02. The standard InChI is InChI=1S/C10H13NO2/c1-8(11-10(12)13)7-9-5-3-2-4-6-9/h2-6,8,11H,7H2,1H3,(H,12,13)/p-1/t8-/m0/s1. The van der Waals surface area contributed by atoms with Crippen LogP contribution in [0.25, 0.3) is 0 Å². The fraction of sp³-hybridized carbons (Fsp3) is 0.300. The van der Waals surface area contributed by atoms with Gasteiger partial charge >= 0.3 is 0 Å². The molecule has 0 aliphatic carbocycles. The Morgan fingerprint density at radius 1 is 1.46 bits per heavy atom. The molecule has 0 radical (unpaired) electrons. The van der Waals surface area contributed by atoms with Crippen LogP contribution in [0.3, 0.4) is 0 Å². The molecule has 0 bridgehead atoms. The largest absolute Gasteiger partial charge is 0.530 e. The second-order valence-corrected chi connectivity index (χ2v) is 3.02. The molecule has 1 aromatic carbocycles. The van der Waals surface area contributed by atoms with Crippen molar-refractivity contribution >= 4 is 6.09 Å². The number of carboxylic acid groups (broad SMARTS) is 1. The van der Waals surface area contributed by atoms with E-state index < -0.39 is 6.09 Å². The Kier molecular flexibility index (Phi) is 3.31. The molecule has 0 aliphatic heterocycles. The summed E-state index contributed by atoms with van der Waals surface area (Å²) in [6, 6.07) is 9.62. The van der Waals surface area contributed by atoms with Crippen molar-refractivity contribution in [3.8, 4) is 0 Å². The van der Waals surface area contributed by atoms with Gasteiger partial charge in [-0.25, -0.2) is 0 Å². The number of hydrogen-bond donors (Lipinski definition) is 1. The summed E-state index contributed by atoms with van der Waals surface area (Å²) in [5.74, 6) is 0. The average Bonchev–Trinajstić information content (AvgIpc) is 2.04. The van der Waals surface area contributed by atoms with Crippen molar-refractivity contribution in [2.24, 2.45) is 0 Å². The summed E-state index contributed by atoms with van der Waals surface area (Å²) < 4.78 is 0. The number of hydrogen-bond acceptors (Lipinski definition) is 2. The van der Waals surface area contributed by atoms with Crippen LogP contribution in [0.4, 0.5) is 4.79 Å². The molecule has 1 atom stereocenters. The quantitative estimate of drug-likeness (QED) is 0.734. The number of nitrogens with one attached hydrogen (secondary N) is 1. The Morgan fingerprint density at radius 3 is 2.62 bits per heavy atom. The molecular weight excluding hydrogens is 166 g/mol. The smallest absolute Gasteiger partial charge is 0.134 e. The van der Waals surface area contributed by atoms with E-state index in [-0.39, 0.29) is 6.04 Å². The normalized spacial score (nSPS) is 12.1. The zero-order valence-corrected chi connectivity index (χ0v) is 7.49. The molecule has 1 rings (SSSR count). The number of rotatable bonds is 3. The number of benzene rings is 1. The molecule has 0 spiro atoms. The molecular formula is C10H12NO2-. The Bertz CT molecular complexity index is 272. The Balaban J connectivity index is 2.45. The third-order valence-electron chi connectivity index (χ3n) is 1.75. The molecule has 0 saturated heterocycles. The molecule has 3 nitrogen and oxygen atoms in total. The minimum Gasteiger partial charge on any atom is -0.530 e. The van der Waals surface area contributed by atoms with Gasteiger partial charge in [-0.1, -0.05) is 30.3 Å². The lowest BCUT2D eigenvalue weighted by Crippen LogP contribution is -2.42. The highest BCUT2D eigenvalue weighted by Gasteiger charge is 2.01. The van der Waals surface area contributed by atoms with E-state index in [0.29, 0.717) is 6.42 Å². The van der Waals surface area contributed by atoms with Gasteiger partial charge in [0.2, 0.25) is 0 Å².